The lowest BCUT2D eigenvalue weighted by Crippen LogP contribution is -2.33. The van der Waals surface area contributed by atoms with E-state index >= 15 is 0 Å². The first-order chi connectivity index (χ1) is 6.26. The van der Waals surface area contributed by atoms with Gasteiger partial charge in [-0.1, -0.05) is 0 Å². The molecule has 2 N–H and O–H groups in total. The van der Waals surface area contributed by atoms with E-state index in [1.165, 1.54) is 0 Å². The standard InChI is InChI=1S/C9H20N2O2/c1-3-11(7-8-12)9(13)5-4-6-10-2/h10,12H,3-8H2,1-2H3. The Morgan fingerprint density at radius 2 is 2.23 bits per heavy atom. The fourth-order valence-corrected chi connectivity index (χ4v) is 1.15. The van der Waals surface area contributed by atoms with Crippen LogP contribution in [0, 0.1) is 0 Å². The Hall–Kier alpha value is -0.610. The predicted octanol–water partition coefficient (Wildman–Crippen LogP) is -0.173. The molecule has 0 unspecified atom stereocenters. The second-order valence-electron chi connectivity index (χ2n) is 2.90. The Kier molecular flexibility index (Phi) is 7.63. The highest BCUT2D eigenvalue weighted by Crippen LogP contribution is 1.96. The van der Waals surface area contributed by atoms with Gasteiger partial charge in [-0.25, -0.2) is 0 Å². The van der Waals surface area contributed by atoms with Gasteiger partial charge < -0.3 is 15.3 Å². The molecular weight excluding hydrogens is 168 g/mol. The van der Waals surface area contributed by atoms with Gasteiger partial charge in [-0.05, 0) is 26.9 Å². The molecule has 0 aromatic carbocycles. The average Bonchev–Trinajstić information content (AvgIpc) is 2.14. The van der Waals surface area contributed by atoms with Crippen LogP contribution in [-0.4, -0.2) is 49.2 Å². The SMILES string of the molecule is CCN(CCO)C(=O)CCCNC. The number of nitrogens with one attached hydrogen (secondary N) is 1. The van der Waals surface area contributed by atoms with Gasteiger partial charge in [0.05, 0.1) is 6.61 Å². The lowest BCUT2D eigenvalue weighted by Gasteiger charge is -2.19. The van der Waals surface area contributed by atoms with Crippen molar-refractivity contribution >= 4 is 5.91 Å². The van der Waals surface area contributed by atoms with E-state index in [1.54, 1.807) is 4.90 Å². The van der Waals surface area contributed by atoms with Crippen LogP contribution in [0.4, 0.5) is 0 Å². The summed E-state index contributed by atoms with van der Waals surface area (Å²) in [5.41, 5.74) is 0. The highest BCUT2D eigenvalue weighted by Gasteiger charge is 2.09. The van der Waals surface area contributed by atoms with Crippen LogP contribution in [0.3, 0.4) is 0 Å². The zero-order valence-corrected chi connectivity index (χ0v) is 8.55. The number of amides is 1. The molecule has 0 saturated heterocycles. The van der Waals surface area contributed by atoms with Crippen molar-refractivity contribution in [1.29, 1.82) is 0 Å². The van der Waals surface area contributed by atoms with Gasteiger partial charge in [0.2, 0.25) is 5.91 Å². The van der Waals surface area contributed by atoms with E-state index in [-0.39, 0.29) is 12.5 Å². The first kappa shape index (κ1) is 12.4. The second-order valence-corrected chi connectivity index (χ2v) is 2.90. The molecule has 0 heterocycles. The van der Waals surface area contributed by atoms with Gasteiger partial charge in [0.1, 0.15) is 0 Å². The highest BCUT2D eigenvalue weighted by molar-refractivity contribution is 5.76. The third kappa shape index (κ3) is 5.60. The number of rotatable bonds is 7. The van der Waals surface area contributed by atoms with E-state index in [0.29, 0.717) is 19.5 Å². The Bertz CT molecular complexity index is 140. The number of hydrogen-bond donors (Lipinski definition) is 2. The quantitative estimate of drug-likeness (QED) is 0.545. The molecular formula is C9H20N2O2. The summed E-state index contributed by atoms with van der Waals surface area (Å²) >= 11 is 0. The number of hydrogen-bond acceptors (Lipinski definition) is 3. The molecule has 0 aliphatic heterocycles. The first-order valence-corrected chi connectivity index (χ1v) is 4.79. The topological polar surface area (TPSA) is 52.6 Å². The molecule has 0 bridgehead atoms. The molecule has 0 aliphatic carbocycles. The lowest BCUT2D eigenvalue weighted by atomic mass is 10.2. The minimum Gasteiger partial charge on any atom is -0.395 e. The summed E-state index contributed by atoms with van der Waals surface area (Å²) in [5.74, 6) is 0.131. The van der Waals surface area contributed by atoms with Crippen molar-refractivity contribution in [1.82, 2.24) is 10.2 Å². The van der Waals surface area contributed by atoms with Crippen LogP contribution in [0.25, 0.3) is 0 Å². The van der Waals surface area contributed by atoms with E-state index in [9.17, 15) is 4.79 Å². The summed E-state index contributed by atoms with van der Waals surface area (Å²) in [5, 5.41) is 11.7. The first-order valence-electron chi connectivity index (χ1n) is 4.79. The smallest absolute Gasteiger partial charge is 0.222 e. The van der Waals surface area contributed by atoms with Crippen molar-refractivity contribution in [2.75, 3.05) is 33.3 Å². The molecule has 13 heavy (non-hydrogen) atoms. The molecule has 1 amide bonds. The normalized spacial score (nSPS) is 10.1. The van der Waals surface area contributed by atoms with E-state index in [2.05, 4.69) is 5.32 Å². The Morgan fingerprint density at radius 3 is 2.69 bits per heavy atom. The van der Waals surface area contributed by atoms with E-state index in [4.69, 9.17) is 5.11 Å². The maximum atomic E-state index is 11.4. The number of likely N-dealkylation sites (N-methyl/N-ethyl adjacent to an activating group) is 1. The van der Waals surface area contributed by atoms with Crippen LogP contribution in [0.1, 0.15) is 19.8 Å². The number of carbonyl (C=O) groups excluding carboxylic acids is 1. The number of carbonyl (C=O) groups is 1. The summed E-state index contributed by atoms with van der Waals surface area (Å²) in [6.45, 7) is 3.97. The van der Waals surface area contributed by atoms with Gasteiger partial charge >= 0.3 is 0 Å². The summed E-state index contributed by atoms with van der Waals surface area (Å²) in [7, 11) is 1.87. The van der Waals surface area contributed by atoms with Crippen LogP contribution in [0.5, 0.6) is 0 Å². The lowest BCUT2D eigenvalue weighted by molar-refractivity contribution is -0.131. The number of nitrogens with zero attached hydrogens (tertiary/aromatic N) is 1. The molecule has 78 valence electrons. The van der Waals surface area contributed by atoms with Crippen molar-refractivity contribution in [2.45, 2.75) is 19.8 Å². The number of aliphatic hydroxyl groups excluding tert-OH is 1. The zero-order valence-electron chi connectivity index (χ0n) is 8.55. The van der Waals surface area contributed by atoms with Crippen molar-refractivity contribution in [3.8, 4) is 0 Å². The molecule has 0 radical (unpaired) electrons. The molecule has 4 nitrogen and oxygen atoms in total. The Balaban J connectivity index is 3.64. The predicted molar refractivity (Wildman–Crippen MR) is 52.5 cm³/mol. The third-order valence-corrected chi connectivity index (χ3v) is 1.92. The summed E-state index contributed by atoms with van der Waals surface area (Å²) in [6, 6.07) is 0. The van der Waals surface area contributed by atoms with Gasteiger partial charge in [0, 0.05) is 19.5 Å². The van der Waals surface area contributed by atoms with Crippen LogP contribution >= 0.6 is 0 Å². The maximum Gasteiger partial charge on any atom is 0.222 e. The minimum atomic E-state index is 0.0472. The molecule has 4 heteroatoms. The number of aliphatic hydroxyl groups is 1. The molecule has 0 rings (SSSR count). The van der Waals surface area contributed by atoms with Gasteiger partial charge in [-0.2, -0.15) is 0 Å². The van der Waals surface area contributed by atoms with Gasteiger partial charge in [0.25, 0.3) is 0 Å². The van der Waals surface area contributed by atoms with Crippen molar-refractivity contribution in [2.24, 2.45) is 0 Å². The van der Waals surface area contributed by atoms with Crippen molar-refractivity contribution in [3.63, 3.8) is 0 Å². The molecule has 0 aromatic heterocycles. The minimum absolute atomic E-state index is 0.0472. The highest BCUT2D eigenvalue weighted by atomic mass is 16.3. The van der Waals surface area contributed by atoms with Gasteiger partial charge in [-0.3, -0.25) is 4.79 Å². The van der Waals surface area contributed by atoms with Crippen LogP contribution < -0.4 is 5.32 Å². The van der Waals surface area contributed by atoms with Crippen molar-refractivity contribution in [3.05, 3.63) is 0 Å². The van der Waals surface area contributed by atoms with E-state index < -0.39 is 0 Å². The molecule has 0 fully saturated rings. The fraction of sp³-hybridized carbons (Fsp3) is 0.889. The van der Waals surface area contributed by atoms with Crippen LogP contribution in [0.15, 0.2) is 0 Å². The van der Waals surface area contributed by atoms with Crippen molar-refractivity contribution < 1.29 is 9.90 Å². The van der Waals surface area contributed by atoms with Gasteiger partial charge in [0.15, 0.2) is 0 Å². The van der Waals surface area contributed by atoms with E-state index in [1.807, 2.05) is 14.0 Å². The largest absolute Gasteiger partial charge is 0.395 e. The Morgan fingerprint density at radius 1 is 1.54 bits per heavy atom. The molecule has 0 saturated carbocycles. The van der Waals surface area contributed by atoms with Crippen LogP contribution in [0.2, 0.25) is 0 Å². The second kappa shape index (κ2) is 8.01. The third-order valence-electron chi connectivity index (χ3n) is 1.92. The van der Waals surface area contributed by atoms with Crippen LogP contribution in [-0.2, 0) is 4.79 Å². The fourth-order valence-electron chi connectivity index (χ4n) is 1.15. The zero-order chi connectivity index (χ0) is 10.1. The summed E-state index contributed by atoms with van der Waals surface area (Å²) < 4.78 is 0. The van der Waals surface area contributed by atoms with Gasteiger partial charge in [-0.15, -0.1) is 0 Å². The average molecular weight is 188 g/mol. The summed E-state index contributed by atoms with van der Waals surface area (Å²) in [6.07, 6.45) is 1.42. The molecule has 0 spiro atoms. The maximum absolute atomic E-state index is 11.4. The Labute approximate surface area is 79.9 Å². The molecule has 0 aromatic rings. The monoisotopic (exact) mass is 188 g/mol. The molecule has 0 atom stereocenters. The molecule has 0 aliphatic rings. The summed E-state index contributed by atoms with van der Waals surface area (Å²) in [4.78, 5) is 13.1. The van der Waals surface area contributed by atoms with E-state index in [0.717, 1.165) is 13.0 Å².